The SMILES string of the molecule is CC(C)N(C(=O)c1cccc2c1ccn2C)C1CC1. The topological polar surface area (TPSA) is 25.2 Å². The van der Waals surface area contributed by atoms with E-state index in [1.165, 1.54) is 0 Å². The molecule has 1 amide bonds. The summed E-state index contributed by atoms with van der Waals surface area (Å²) in [5, 5.41) is 1.06. The minimum absolute atomic E-state index is 0.175. The Labute approximate surface area is 113 Å². The van der Waals surface area contributed by atoms with Crippen LogP contribution in [0.1, 0.15) is 37.0 Å². The number of fused-ring (bicyclic) bond motifs is 1. The molecule has 2 aromatic rings. The Balaban J connectivity index is 2.05. The standard InChI is InChI=1S/C16H20N2O/c1-11(2)18(12-7-8-12)16(19)14-5-4-6-15-13(14)9-10-17(15)3/h4-6,9-12H,7-8H2,1-3H3. The Morgan fingerprint density at radius 3 is 2.68 bits per heavy atom. The van der Waals surface area contributed by atoms with Gasteiger partial charge < -0.3 is 9.47 Å². The maximum Gasteiger partial charge on any atom is 0.255 e. The summed E-state index contributed by atoms with van der Waals surface area (Å²) in [6.07, 6.45) is 4.31. The molecule has 3 nitrogen and oxygen atoms in total. The van der Waals surface area contributed by atoms with Gasteiger partial charge in [-0.2, -0.15) is 0 Å². The van der Waals surface area contributed by atoms with E-state index in [0.717, 1.165) is 29.3 Å². The minimum Gasteiger partial charge on any atom is -0.351 e. The first-order valence-corrected chi connectivity index (χ1v) is 6.96. The Bertz CT molecular complexity index is 621. The van der Waals surface area contributed by atoms with Gasteiger partial charge >= 0.3 is 0 Å². The van der Waals surface area contributed by atoms with E-state index in [-0.39, 0.29) is 11.9 Å². The number of hydrogen-bond donors (Lipinski definition) is 0. The van der Waals surface area contributed by atoms with Crippen molar-refractivity contribution < 1.29 is 4.79 Å². The van der Waals surface area contributed by atoms with Crippen molar-refractivity contribution in [3.05, 3.63) is 36.0 Å². The summed E-state index contributed by atoms with van der Waals surface area (Å²) in [5.41, 5.74) is 1.95. The maximum atomic E-state index is 12.8. The zero-order valence-corrected chi connectivity index (χ0v) is 11.8. The quantitative estimate of drug-likeness (QED) is 0.828. The first-order valence-electron chi connectivity index (χ1n) is 6.96. The van der Waals surface area contributed by atoms with Crippen LogP contribution in [0.3, 0.4) is 0 Å². The molecule has 0 aliphatic heterocycles. The summed E-state index contributed by atoms with van der Waals surface area (Å²) in [4.78, 5) is 14.9. The number of benzene rings is 1. The van der Waals surface area contributed by atoms with Gasteiger partial charge in [-0.05, 0) is 44.9 Å². The molecule has 1 aromatic carbocycles. The van der Waals surface area contributed by atoms with E-state index in [9.17, 15) is 4.79 Å². The third-order valence-corrected chi connectivity index (χ3v) is 3.89. The summed E-state index contributed by atoms with van der Waals surface area (Å²) in [5.74, 6) is 0.175. The van der Waals surface area contributed by atoms with E-state index < -0.39 is 0 Å². The Morgan fingerprint density at radius 1 is 1.32 bits per heavy atom. The number of rotatable bonds is 3. The highest BCUT2D eigenvalue weighted by Gasteiger charge is 2.35. The van der Waals surface area contributed by atoms with Crippen molar-refractivity contribution in [1.82, 2.24) is 9.47 Å². The third kappa shape index (κ3) is 2.03. The van der Waals surface area contributed by atoms with Crippen LogP contribution in [0.5, 0.6) is 0 Å². The smallest absolute Gasteiger partial charge is 0.255 e. The first-order chi connectivity index (χ1) is 9.09. The lowest BCUT2D eigenvalue weighted by molar-refractivity contribution is 0.0692. The van der Waals surface area contributed by atoms with Gasteiger partial charge in [0.15, 0.2) is 0 Å². The lowest BCUT2D eigenvalue weighted by Crippen LogP contribution is -2.38. The van der Waals surface area contributed by atoms with Gasteiger partial charge in [0.25, 0.3) is 5.91 Å². The fraction of sp³-hybridized carbons (Fsp3) is 0.438. The predicted molar refractivity (Wildman–Crippen MR) is 77.2 cm³/mol. The zero-order valence-electron chi connectivity index (χ0n) is 11.8. The summed E-state index contributed by atoms with van der Waals surface area (Å²) in [6, 6.07) is 8.73. The summed E-state index contributed by atoms with van der Waals surface area (Å²) in [7, 11) is 2.01. The van der Waals surface area contributed by atoms with Crippen LogP contribution in [0.2, 0.25) is 0 Å². The van der Waals surface area contributed by atoms with Crippen molar-refractivity contribution in [2.45, 2.75) is 38.8 Å². The number of carbonyl (C=O) groups is 1. The largest absolute Gasteiger partial charge is 0.351 e. The zero-order chi connectivity index (χ0) is 13.6. The van der Waals surface area contributed by atoms with Crippen LogP contribution in [-0.2, 0) is 7.05 Å². The minimum atomic E-state index is 0.175. The van der Waals surface area contributed by atoms with Gasteiger partial charge in [-0.3, -0.25) is 4.79 Å². The van der Waals surface area contributed by atoms with Crippen molar-refractivity contribution in [3.63, 3.8) is 0 Å². The number of amides is 1. The molecule has 0 unspecified atom stereocenters. The number of hydrogen-bond acceptors (Lipinski definition) is 1. The molecule has 100 valence electrons. The molecular formula is C16H20N2O. The monoisotopic (exact) mass is 256 g/mol. The summed E-state index contributed by atoms with van der Waals surface area (Å²) in [6.45, 7) is 4.20. The first kappa shape index (κ1) is 12.3. The highest BCUT2D eigenvalue weighted by Crippen LogP contribution is 2.31. The molecule has 1 aromatic heterocycles. The molecular weight excluding hydrogens is 236 g/mol. The Morgan fingerprint density at radius 2 is 2.05 bits per heavy atom. The molecule has 1 aliphatic carbocycles. The number of nitrogens with zero attached hydrogens (tertiary/aromatic N) is 2. The fourth-order valence-corrected chi connectivity index (χ4v) is 2.80. The molecule has 0 spiro atoms. The summed E-state index contributed by atoms with van der Waals surface area (Å²) < 4.78 is 2.06. The molecule has 3 heteroatoms. The van der Waals surface area contributed by atoms with E-state index in [2.05, 4.69) is 24.5 Å². The van der Waals surface area contributed by atoms with Crippen LogP contribution in [0.15, 0.2) is 30.5 Å². The number of aryl methyl sites for hydroxylation is 1. The van der Waals surface area contributed by atoms with Crippen LogP contribution < -0.4 is 0 Å². The molecule has 3 rings (SSSR count). The second-order valence-electron chi connectivity index (χ2n) is 5.70. The molecule has 0 atom stereocenters. The van der Waals surface area contributed by atoms with Crippen molar-refractivity contribution >= 4 is 16.8 Å². The van der Waals surface area contributed by atoms with E-state index in [0.29, 0.717) is 6.04 Å². The third-order valence-electron chi connectivity index (χ3n) is 3.89. The van der Waals surface area contributed by atoms with Crippen LogP contribution in [-0.4, -0.2) is 27.5 Å². The number of carbonyl (C=O) groups excluding carboxylic acids is 1. The lowest BCUT2D eigenvalue weighted by atomic mass is 10.1. The Hall–Kier alpha value is -1.77. The summed E-state index contributed by atoms with van der Waals surface area (Å²) >= 11 is 0. The highest BCUT2D eigenvalue weighted by molar-refractivity contribution is 6.06. The number of aromatic nitrogens is 1. The normalized spacial score (nSPS) is 15.2. The highest BCUT2D eigenvalue weighted by atomic mass is 16.2. The van der Waals surface area contributed by atoms with Gasteiger partial charge in [0.2, 0.25) is 0 Å². The molecule has 0 saturated heterocycles. The predicted octanol–water partition coefficient (Wildman–Crippen LogP) is 3.19. The molecule has 0 radical (unpaired) electrons. The van der Waals surface area contributed by atoms with Gasteiger partial charge in [-0.25, -0.2) is 0 Å². The molecule has 1 aliphatic rings. The maximum absolute atomic E-state index is 12.8. The van der Waals surface area contributed by atoms with Gasteiger partial charge in [-0.1, -0.05) is 6.07 Å². The van der Waals surface area contributed by atoms with Crippen LogP contribution in [0.25, 0.3) is 10.9 Å². The molecule has 1 heterocycles. The van der Waals surface area contributed by atoms with Gasteiger partial charge in [0.05, 0.1) is 0 Å². The van der Waals surface area contributed by atoms with E-state index in [1.54, 1.807) is 0 Å². The van der Waals surface area contributed by atoms with E-state index >= 15 is 0 Å². The van der Waals surface area contributed by atoms with Crippen LogP contribution >= 0.6 is 0 Å². The van der Waals surface area contributed by atoms with Crippen molar-refractivity contribution in [2.75, 3.05) is 0 Å². The molecule has 1 saturated carbocycles. The van der Waals surface area contributed by atoms with Crippen LogP contribution in [0.4, 0.5) is 0 Å². The molecule has 0 bridgehead atoms. The molecule has 1 fully saturated rings. The van der Waals surface area contributed by atoms with Crippen molar-refractivity contribution in [3.8, 4) is 0 Å². The molecule has 19 heavy (non-hydrogen) atoms. The van der Waals surface area contributed by atoms with Crippen LogP contribution in [0, 0.1) is 0 Å². The fourth-order valence-electron chi connectivity index (χ4n) is 2.80. The Kier molecular flexibility index (Phi) is 2.85. The van der Waals surface area contributed by atoms with E-state index in [4.69, 9.17) is 0 Å². The van der Waals surface area contributed by atoms with Gasteiger partial charge in [0, 0.05) is 41.8 Å². The second kappa shape index (κ2) is 4.41. The lowest BCUT2D eigenvalue weighted by Gasteiger charge is -2.27. The van der Waals surface area contributed by atoms with Crippen molar-refractivity contribution in [2.24, 2.45) is 7.05 Å². The van der Waals surface area contributed by atoms with Gasteiger partial charge in [-0.15, -0.1) is 0 Å². The molecule has 0 N–H and O–H groups in total. The average Bonchev–Trinajstić information content (AvgIpc) is 3.13. The average molecular weight is 256 g/mol. The second-order valence-corrected chi connectivity index (χ2v) is 5.70. The van der Waals surface area contributed by atoms with E-state index in [1.807, 2.05) is 36.3 Å². The van der Waals surface area contributed by atoms with Gasteiger partial charge in [0.1, 0.15) is 0 Å². The van der Waals surface area contributed by atoms with Crippen molar-refractivity contribution in [1.29, 1.82) is 0 Å².